The standard InChI is InChI=1S/C27H25NS/c1-3-24-9-7-8-21(2)27(24)28(25-10-5-4-6-11-25)26-16-14-22(15-17-26)12-13-23-18-19-29-20-23/h4-20H,3H2,1-2H3. The largest absolute Gasteiger partial charge is 0.310 e. The van der Waals surface area contributed by atoms with Crippen LogP contribution in [0.5, 0.6) is 0 Å². The summed E-state index contributed by atoms with van der Waals surface area (Å²) in [5.74, 6) is 0. The molecule has 0 N–H and O–H groups in total. The highest BCUT2D eigenvalue weighted by molar-refractivity contribution is 7.08. The van der Waals surface area contributed by atoms with Crippen molar-refractivity contribution in [2.75, 3.05) is 4.90 Å². The van der Waals surface area contributed by atoms with Gasteiger partial charge in [-0.2, -0.15) is 11.3 Å². The van der Waals surface area contributed by atoms with E-state index in [9.17, 15) is 0 Å². The summed E-state index contributed by atoms with van der Waals surface area (Å²) in [6.45, 7) is 4.42. The van der Waals surface area contributed by atoms with Crippen LogP contribution in [0.2, 0.25) is 0 Å². The van der Waals surface area contributed by atoms with Crippen molar-refractivity contribution >= 4 is 40.6 Å². The third-order valence-corrected chi connectivity index (χ3v) is 5.80. The predicted molar refractivity (Wildman–Crippen MR) is 128 cm³/mol. The molecule has 0 spiro atoms. The van der Waals surface area contributed by atoms with Gasteiger partial charge in [-0.1, -0.05) is 67.6 Å². The zero-order valence-electron chi connectivity index (χ0n) is 16.9. The van der Waals surface area contributed by atoms with Crippen LogP contribution < -0.4 is 4.90 Å². The highest BCUT2D eigenvalue weighted by Crippen LogP contribution is 2.38. The van der Waals surface area contributed by atoms with Gasteiger partial charge in [0.15, 0.2) is 0 Å². The van der Waals surface area contributed by atoms with E-state index in [2.05, 4.69) is 121 Å². The summed E-state index contributed by atoms with van der Waals surface area (Å²) in [5.41, 5.74) is 8.73. The molecule has 1 aromatic heterocycles. The molecular weight excluding hydrogens is 370 g/mol. The molecule has 0 aliphatic heterocycles. The van der Waals surface area contributed by atoms with Crippen LogP contribution in [0.1, 0.15) is 29.2 Å². The topological polar surface area (TPSA) is 3.24 Å². The van der Waals surface area contributed by atoms with Crippen molar-refractivity contribution < 1.29 is 0 Å². The van der Waals surface area contributed by atoms with Gasteiger partial charge in [-0.05, 0) is 76.7 Å². The first-order valence-electron chi connectivity index (χ1n) is 10.0. The Morgan fingerprint density at radius 2 is 1.48 bits per heavy atom. The van der Waals surface area contributed by atoms with E-state index < -0.39 is 0 Å². The predicted octanol–water partition coefficient (Wildman–Crippen LogP) is 8.26. The lowest BCUT2D eigenvalue weighted by molar-refractivity contribution is 1.10. The summed E-state index contributed by atoms with van der Waals surface area (Å²) in [7, 11) is 0. The van der Waals surface area contributed by atoms with Crippen molar-refractivity contribution in [1.29, 1.82) is 0 Å². The Kier molecular flexibility index (Phi) is 5.92. The first-order valence-corrected chi connectivity index (χ1v) is 10.9. The third kappa shape index (κ3) is 4.33. The molecule has 0 fully saturated rings. The normalized spacial score (nSPS) is 11.1. The van der Waals surface area contributed by atoms with Crippen LogP contribution in [0, 0.1) is 6.92 Å². The quantitative estimate of drug-likeness (QED) is 0.317. The number of thiophene rings is 1. The molecule has 3 aromatic carbocycles. The van der Waals surface area contributed by atoms with E-state index in [4.69, 9.17) is 0 Å². The molecule has 0 aliphatic carbocycles. The Morgan fingerprint density at radius 1 is 0.759 bits per heavy atom. The van der Waals surface area contributed by atoms with Gasteiger partial charge in [-0.25, -0.2) is 0 Å². The number of rotatable bonds is 6. The molecule has 4 aromatic rings. The van der Waals surface area contributed by atoms with Gasteiger partial charge in [0.2, 0.25) is 0 Å². The molecular formula is C27H25NS. The lowest BCUT2D eigenvalue weighted by Gasteiger charge is -2.29. The molecule has 1 heterocycles. The highest BCUT2D eigenvalue weighted by atomic mass is 32.1. The average Bonchev–Trinajstić information content (AvgIpc) is 3.29. The summed E-state index contributed by atoms with van der Waals surface area (Å²) in [6, 6.07) is 28.2. The summed E-state index contributed by atoms with van der Waals surface area (Å²) in [5, 5.41) is 4.26. The molecule has 2 heteroatoms. The van der Waals surface area contributed by atoms with Crippen LogP contribution in [0.4, 0.5) is 17.1 Å². The fraction of sp³-hybridized carbons (Fsp3) is 0.111. The number of hydrogen-bond donors (Lipinski definition) is 0. The van der Waals surface area contributed by atoms with Crippen molar-refractivity contribution in [3.63, 3.8) is 0 Å². The van der Waals surface area contributed by atoms with Gasteiger partial charge in [0.1, 0.15) is 0 Å². The number of para-hydroxylation sites is 2. The number of nitrogens with zero attached hydrogens (tertiary/aromatic N) is 1. The minimum Gasteiger partial charge on any atom is -0.310 e. The van der Waals surface area contributed by atoms with Crippen molar-refractivity contribution in [3.05, 3.63) is 112 Å². The second-order valence-corrected chi connectivity index (χ2v) is 7.87. The van der Waals surface area contributed by atoms with Gasteiger partial charge in [-0.15, -0.1) is 0 Å². The Balaban J connectivity index is 1.75. The molecule has 0 saturated heterocycles. The van der Waals surface area contributed by atoms with E-state index >= 15 is 0 Å². The third-order valence-electron chi connectivity index (χ3n) is 5.10. The smallest absolute Gasteiger partial charge is 0.0522 e. The van der Waals surface area contributed by atoms with Crippen LogP contribution in [-0.4, -0.2) is 0 Å². The molecule has 0 bridgehead atoms. The van der Waals surface area contributed by atoms with Crippen molar-refractivity contribution in [1.82, 2.24) is 0 Å². The summed E-state index contributed by atoms with van der Waals surface area (Å²) >= 11 is 1.72. The number of aryl methyl sites for hydroxylation is 2. The molecule has 4 rings (SSSR count). The van der Waals surface area contributed by atoms with Gasteiger partial charge in [0.05, 0.1) is 5.69 Å². The van der Waals surface area contributed by atoms with Crippen LogP contribution in [-0.2, 0) is 6.42 Å². The van der Waals surface area contributed by atoms with Gasteiger partial charge in [-0.3, -0.25) is 0 Å². The maximum Gasteiger partial charge on any atom is 0.0522 e. The first kappa shape index (κ1) is 19.2. The summed E-state index contributed by atoms with van der Waals surface area (Å²) in [4.78, 5) is 2.38. The molecule has 29 heavy (non-hydrogen) atoms. The Morgan fingerprint density at radius 3 is 2.17 bits per heavy atom. The second kappa shape index (κ2) is 8.93. The number of benzene rings is 3. The van der Waals surface area contributed by atoms with Crippen LogP contribution in [0.3, 0.4) is 0 Å². The SMILES string of the molecule is CCc1cccc(C)c1N(c1ccccc1)c1ccc(C=Cc2ccsc2)cc1. The fourth-order valence-electron chi connectivity index (χ4n) is 3.61. The number of anilines is 3. The van der Waals surface area contributed by atoms with E-state index in [0.717, 1.165) is 6.42 Å². The Labute approximate surface area is 177 Å². The molecule has 0 radical (unpaired) electrons. The minimum atomic E-state index is 1.00. The van der Waals surface area contributed by atoms with Crippen molar-refractivity contribution in [3.8, 4) is 0 Å². The van der Waals surface area contributed by atoms with E-state index in [1.54, 1.807) is 11.3 Å². The maximum atomic E-state index is 2.38. The van der Waals surface area contributed by atoms with Gasteiger partial charge in [0.25, 0.3) is 0 Å². The Hall–Kier alpha value is -3.10. The van der Waals surface area contributed by atoms with Crippen LogP contribution in [0.15, 0.2) is 89.6 Å². The lowest BCUT2D eigenvalue weighted by atomic mass is 10.0. The summed E-state index contributed by atoms with van der Waals surface area (Å²) in [6.07, 6.45) is 5.34. The highest BCUT2D eigenvalue weighted by Gasteiger charge is 2.17. The zero-order valence-corrected chi connectivity index (χ0v) is 17.7. The van der Waals surface area contributed by atoms with Crippen LogP contribution in [0.25, 0.3) is 12.2 Å². The number of hydrogen-bond acceptors (Lipinski definition) is 2. The van der Waals surface area contributed by atoms with E-state index in [1.807, 2.05) is 0 Å². The fourth-order valence-corrected chi connectivity index (χ4v) is 4.23. The van der Waals surface area contributed by atoms with Gasteiger partial charge >= 0.3 is 0 Å². The molecule has 144 valence electrons. The van der Waals surface area contributed by atoms with E-state index in [1.165, 1.54) is 39.3 Å². The van der Waals surface area contributed by atoms with Crippen LogP contribution >= 0.6 is 11.3 Å². The molecule has 1 nitrogen and oxygen atoms in total. The summed E-state index contributed by atoms with van der Waals surface area (Å²) < 4.78 is 0. The average molecular weight is 396 g/mol. The zero-order chi connectivity index (χ0) is 20.1. The molecule has 0 amide bonds. The Bertz CT molecular complexity index is 1080. The van der Waals surface area contributed by atoms with Gasteiger partial charge in [0, 0.05) is 11.4 Å². The minimum absolute atomic E-state index is 1.00. The van der Waals surface area contributed by atoms with Gasteiger partial charge < -0.3 is 4.90 Å². The lowest BCUT2D eigenvalue weighted by Crippen LogP contribution is -2.13. The van der Waals surface area contributed by atoms with E-state index in [0.29, 0.717) is 0 Å². The first-order chi connectivity index (χ1) is 14.3. The molecule has 0 aliphatic rings. The van der Waals surface area contributed by atoms with Crippen molar-refractivity contribution in [2.45, 2.75) is 20.3 Å². The van der Waals surface area contributed by atoms with E-state index in [-0.39, 0.29) is 0 Å². The molecule has 0 atom stereocenters. The molecule has 0 unspecified atom stereocenters. The monoisotopic (exact) mass is 395 g/mol. The second-order valence-electron chi connectivity index (χ2n) is 7.09. The maximum absolute atomic E-state index is 2.38. The van der Waals surface area contributed by atoms with Crippen molar-refractivity contribution in [2.24, 2.45) is 0 Å². The molecule has 0 saturated carbocycles.